The summed E-state index contributed by atoms with van der Waals surface area (Å²) < 4.78 is 39.2. The first-order valence-electron chi connectivity index (χ1n) is 8.31. The maximum atomic E-state index is 12.6. The van der Waals surface area contributed by atoms with E-state index in [4.69, 9.17) is 21.1 Å². The summed E-state index contributed by atoms with van der Waals surface area (Å²) in [5.41, 5.74) is 0.609. The summed E-state index contributed by atoms with van der Waals surface area (Å²) in [5.74, 6) is 0.655. The lowest BCUT2D eigenvalue weighted by Gasteiger charge is -2.31. The van der Waals surface area contributed by atoms with Crippen LogP contribution in [0.15, 0.2) is 66.1 Å². The molecule has 0 bridgehead atoms. The number of hydrogen-bond donors (Lipinski definition) is 1. The Bertz CT molecular complexity index is 987. The third kappa shape index (κ3) is 4.53. The van der Waals surface area contributed by atoms with Crippen molar-refractivity contribution in [1.29, 1.82) is 0 Å². The Morgan fingerprint density at radius 3 is 2.81 bits per heavy atom. The lowest BCUT2D eigenvalue weighted by Crippen LogP contribution is -2.37. The molecule has 1 N–H and O–H groups in total. The first kappa shape index (κ1) is 19.5. The fraction of sp³-hybridized carbons (Fsp3) is 0.200. The van der Waals surface area contributed by atoms with E-state index in [0.29, 0.717) is 24.7 Å². The van der Waals surface area contributed by atoms with Crippen LogP contribution in [-0.4, -0.2) is 27.2 Å². The summed E-state index contributed by atoms with van der Waals surface area (Å²) in [6.45, 7) is 6.37. The molecule has 0 saturated carbocycles. The fourth-order valence-electron chi connectivity index (χ4n) is 2.68. The largest absolute Gasteiger partial charge is 0.480 e. The van der Waals surface area contributed by atoms with Crippen LogP contribution >= 0.6 is 11.6 Å². The van der Waals surface area contributed by atoms with Crippen molar-refractivity contribution in [3.8, 4) is 5.75 Å². The van der Waals surface area contributed by atoms with Crippen LogP contribution in [0.5, 0.6) is 5.75 Å². The van der Waals surface area contributed by atoms with E-state index in [1.165, 1.54) is 12.1 Å². The number of sulfonamides is 1. The van der Waals surface area contributed by atoms with E-state index in [2.05, 4.69) is 11.3 Å². The van der Waals surface area contributed by atoms with Gasteiger partial charge in [0.15, 0.2) is 0 Å². The zero-order valence-electron chi connectivity index (χ0n) is 14.8. The van der Waals surface area contributed by atoms with Gasteiger partial charge in [0.1, 0.15) is 16.2 Å². The van der Waals surface area contributed by atoms with Gasteiger partial charge in [-0.15, -0.1) is 6.58 Å². The molecule has 0 spiro atoms. The Kier molecular flexibility index (Phi) is 5.60. The minimum Gasteiger partial charge on any atom is -0.480 e. The Morgan fingerprint density at radius 1 is 1.30 bits per heavy atom. The average Bonchev–Trinajstić information content (AvgIpc) is 2.62. The monoisotopic (exact) mass is 405 g/mol. The molecule has 1 unspecified atom stereocenters. The van der Waals surface area contributed by atoms with Gasteiger partial charge in [-0.3, -0.25) is 4.72 Å². The second-order valence-corrected chi connectivity index (χ2v) is 8.40. The highest BCUT2D eigenvalue weighted by Crippen LogP contribution is 2.34. The van der Waals surface area contributed by atoms with Crippen LogP contribution < -0.4 is 9.46 Å². The highest BCUT2D eigenvalue weighted by Gasteiger charge is 2.28. The molecule has 1 aliphatic rings. The molecule has 1 aliphatic heterocycles. The standard InChI is InChI=1S/C20H20ClNO4S/c1-3-12-25-14-20(2)11-10-15-13-16(8-9-18(15)26-20)22-27(23,24)19-7-5-4-6-17(19)21/h3-11,13,22H,1,12,14H2,2H3. The molecular weight excluding hydrogens is 386 g/mol. The number of halogens is 1. The molecule has 3 rings (SSSR count). The van der Waals surface area contributed by atoms with Crippen LogP contribution in [0.25, 0.3) is 6.08 Å². The SMILES string of the molecule is C=CCOCC1(C)C=Cc2cc(NS(=O)(=O)c3ccccc3Cl)ccc2O1. The second kappa shape index (κ2) is 7.76. The molecule has 0 aromatic heterocycles. The van der Waals surface area contributed by atoms with Crippen molar-refractivity contribution in [2.45, 2.75) is 17.4 Å². The summed E-state index contributed by atoms with van der Waals surface area (Å²) in [6, 6.07) is 11.4. The summed E-state index contributed by atoms with van der Waals surface area (Å²) in [6.07, 6.45) is 5.47. The minimum absolute atomic E-state index is 0.0307. The summed E-state index contributed by atoms with van der Waals surface area (Å²) in [5, 5.41) is 0.168. The van der Waals surface area contributed by atoms with Gasteiger partial charge in [0.2, 0.25) is 0 Å². The topological polar surface area (TPSA) is 64.6 Å². The molecule has 1 atom stereocenters. The zero-order valence-corrected chi connectivity index (χ0v) is 16.4. The van der Waals surface area contributed by atoms with Crippen LogP contribution in [0.4, 0.5) is 5.69 Å². The highest BCUT2D eigenvalue weighted by molar-refractivity contribution is 7.92. The van der Waals surface area contributed by atoms with Crippen LogP contribution in [0.2, 0.25) is 5.02 Å². The van der Waals surface area contributed by atoms with Crippen molar-refractivity contribution < 1.29 is 17.9 Å². The molecule has 27 heavy (non-hydrogen) atoms. The minimum atomic E-state index is -3.78. The Labute approximate surface area is 164 Å². The van der Waals surface area contributed by atoms with Gasteiger partial charge in [0.25, 0.3) is 10.0 Å². The van der Waals surface area contributed by atoms with Gasteiger partial charge in [0.05, 0.1) is 18.2 Å². The molecule has 0 aliphatic carbocycles. The van der Waals surface area contributed by atoms with E-state index in [9.17, 15) is 8.42 Å². The second-order valence-electron chi connectivity index (χ2n) is 6.34. The van der Waals surface area contributed by atoms with Crippen molar-refractivity contribution in [2.75, 3.05) is 17.9 Å². The number of nitrogens with one attached hydrogen (secondary N) is 1. The van der Waals surface area contributed by atoms with Crippen LogP contribution in [0.3, 0.4) is 0 Å². The first-order valence-corrected chi connectivity index (χ1v) is 10.2. The third-order valence-electron chi connectivity index (χ3n) is 3.97. The number of rotatable bonds is 7. The highest BCUT2D eigenvalue weighted by atomic mass is 35.5. The zero-order chi connectivity index (χ0) is 19.5. The molecule has 142 valence electrons. The number of benzene rings is 2. The Hall–Kier alpha value is -2.28. The quantitative estimate of drug-likeness (QED) is 0.543. The van der Waals surface area contributed by atoms with Gasteiger partial charge >= 0.3 is 0 Å². The molecule has 2 aromatic rings. The average molecular weight is 406 g/mol. The van der Waals surface area contributed by atoms with Gasteiger partial charge in [0, 0.05) is 11.3 Å². The van der Waals surface area contributed by atoms with Crippen molar-refractivity contribution >= 4 is 33.4 Å². The molecule has 7 heteroatoms. The van der Waals surface area contributed by atoms with E-state index in [1.54, 1.807) is 36.4 Å². The summed E-state index contributed by atoms with van der Waals surface area (Å²) >= 11 is 6.01. The van der Waals surface area contributed by atoms with E-state index in [-0.39, 0.29) is 9.92 Å². The molecular formula is C20H20ClNO4S. The number of ether oxygens (including phenoxy) is 2. The van der Waals surface area contributed by atoms with Crippen molar-refractivity contribution in [2.24, 2.45) is 0 Å². The van der Waals surface area contributed by atoms with Crippen LogP contribution in [-0.2, 0) is 14.8 Å². The van der Waals surface area contributed by atoms with Gasteiger partial charge in [-0.1, -0.05) is 35.9 Å². The maximum Gasteiger partial charge on any atom is 0.263 e. The third-order valence-corrected chi connectivity index (χ3v) is 5.85. The van der Waals surface area contributed by atoms with Crippen molar-refractivity contribution in [3.05, 3.63) is 71.8 Å². The first-order chi connectivity index (χ1) is 12.8. The predicted octanol–water partition coefficient (Wildman–Crippen LogP) is 4.51. The molecule has 0 radical (unpaired) electrons. The van der Waals surface area contributed by atoms with E-state index in [1.807, 2.05) is 19.1 Å². The number of hydrogen-bond acceptors (Lipinski definition) is 4. The van der Waals surface area contributed by atoms with Gasteiger partial charge in [-0.05, 0) is 43.3 Å². The Balaban J connectivity index is 1.79. The van der Waals surface area contributed by atoms with Gasteiger partial charge in [-0.2, -0.15) is 0 Å². The maximum absolute atomic E-state index is 12.6. The molecule has 0 fully saturated rings. The van der Waals surface area contributed by atoms with Crippen LogP contribution in [0.1, 0.15) is 12.5 Å². The van der Waals surface area contributed by atoms with E-state index < -0.39 is 15.6 Å². The normalized spacial score (nSPS) is 18.4. The lowest BCUT2D eigenvalue weighted by atomic mass is 10.0. The lowest BCUT2D eigenvalue weighted by molar-refractivity contribution is 0.0246. The number of fused-ring (bicyclic) bond motifs is 1. The van der Waals surface area contributed by atoms with Crippen molar-refractivity contribution in [1.82, 2.24) is 0 Å². The van der Waals surface area contributed by atoms with Crippen molar-refractivity contribution in [3.63, 3.8) is 0 Å². The molecule has 2 aromatic carbocycles. The fourth-order valence-corrected chi connectivity index (χ4v) is 4.25. The van der Waals surface area contributed by atoms with E-state index in [0.717, 1.165) is 5.56 Å². The van der Waals surface area contributed by atoms with Crippen LogP contribution in [0, 0.1) is 0 Å². The molecule has 0 amide bonds. The predicted molar refractivity (Wildman–Crippen MR) is 108 cm³/mol. The summed E-state index contributed by atoms with van der Waals surface area (Å²) in [4.78, 5) is 0.0307. The van der Waals surface area contributed by atoms with E-state index >= 15 is 0 Å². The summed E-state index contributed by atoms with van der Waals surface area (Å²) in [7, 11) is -3.78. The van der Waals surface area contributed by atoms with Gasteiger partial charge < -0.3 is 9.47 Å². The smallest absolute Gasteiger partial charge is 0.263 e. The molecule has 1 heterocycles. The molecule has 0 saturated heterocycles. The Morgan fingerprint density at radius 2 is 2.07 bits per heavy atom. The molecule has 5 nitrogen and oxygen atoms in total. The van der Waals surface area contributed by atoms with Gasteiger partial charge in [-0.25, -0.2) is 8.42 Å². The number of anilines is 1.